The number of anilines is 1. The molecule has 5 rings (SSSR count). The fourth-order valence-electron chi connectivity index (χ4n) is 4.52. The van der Waals surface area contributed by atoms with Gasteiger partial charge in [0.1, 0.15) is 5.52 Å². The number of rotatable bonds is 3. The highest BCUT2D eigenvalue weighted by Gasteiger charge is 2.26. The van der Waals surface area contributed by atoms with Crippen molar-refractivity contribution in [2.45, 2.75) is 38.8 Å². The lowest BCUT2D eigenvalue weighted by Crippen LogP contribution is -2.44. The Morgan fingerprint density at radius 1 is 1.24 bits per heavy atom. The van der Waals surface area contributed by atoms with E-state index in [0.29, 0.717) is 33.2 Å². The van der Waals surface area contributed by atoms with E-state index < -0.39 is 11.6 Å². The van der Waals surface area contributed by atoms with E-state index in [1.165, 1.54) is 4.68 Å². The highest BCUT2D eigenvalue weighted by molar-refractivity contribution is 6.35. The third-order valence-corrected chi connectivity index (χ3v) is 6.21. The van der Waals surface area contributed by atoms with Gasteiger partial charge in [0, 0.05) is 54.3 Å². The summed E-state index contributed by atoms with van der Waals surface area (Å²) < 4.78 is 16.2. The first-order chi connectivity index (χ1) is 15.6. The molecule has 4 heterocycles. The lowest BCUT2D eigenvalue weighted by molar-refractivity contribution is 0.373. The Balaban J connectivity index is 1.50. The van der Waals surface area contributed by atoms with Gasteiger partial charge in [0.15, 0.2) is 17.2 Å². The van der Waals surface area contributed by atoms with Crippen LogP contribution in [0.1, 0.15) is 27.2 Å². The largest absolute Gasteiger partial charge is 0.504 e. The molecule has 33 heavy (non-hydrogen) atoms. The van der Waals surface area contributed by atoms with Crippen LogP contribution in [0.4, 0.5) is 10.1 Å². The maximum absolute atomic E-state index is 14.7. The van der Waals surface area contributed by atoms with Crippen LogP contribution in [0.2, 0.25) is 5.02 Å². The summed E-state index contributed by atoms with van der Waals surface area (Å²) in [7, 11) is 1.70. The second-order valence-corrected chi connectivity index (χ2v) is 10.1. The van der Waals surface area contributed by atoms with Crippen LogP contribution in [0.5, 0.6) is 5.75 Å². The molecule has 172 valence electrons. The Labute approximate surface area is 196 Å². The van der Waals surface area contributed by atoms with E-state index in [1.807, 2.05) is 6.07 Å². The van der Waals surface area contributed by atoms with Gasteiger partial charge in [-0.1, -0.05) is 11.6 Å². The summed E-state index contributed by atoms with van der Waals surface area (Å²) in [6.45, 7) is 8.35. The van der Waals surface area contributed by atoms with Crippen molar-refractivity contribution in [3.63, 3.8) is 0 Å². The van der Waals surface area contributed by atoms with E-state index in [1.54, 1.807) is 31.6 Å². The van der Waals surface area contributed by atoms with Crippen molar-refractivity contribution >= 4 is 39.2 Å². The number of aromatic nitrogens is 4. The Morgan fingerprint density at radius 3 is 2.79 bits per heavy atom. The fraction of sp³-hybridized carbons (Fsp3) is 0.375. The molecule has 0 aliphatic carbocycles. The number of halogens is 2. The van der Waals surface area contributed by atoms with Crippen LogP contribution in [0.25, 0.3) is 33.2 Å². The predicted molar refractivity (Wildman–Crippen MR) is 129 cm³/mol. The van der Waals surface area contributed by atoms with Gasteiger partial charge in [0.2, 0.25) is 0 Å². The Kier molecular flexibility index (Phi) is 5.17. The first-order valence-corrected chi connectivity index (χ1v) is 11.3. The minimum Gasteiger partial charge on any atom is -0.504 e. The van der Waals surface area contributed by atoms with Gasteiger partial charge in [-0.2, -0.15) is 5.10 Å². The topological polar surface area (TPSA) is 79.1 Å². The Bertz CT molecular complexity index is 1380. The third kappa shape index (κ3) is 4.09. The van der Waals surface area contributed by atoms with Gasteiger partial charge < -0.3 is 15.3 Å². The highest BCUT2D eigenvalue weighted by Crippen LogP contribution is 2.38. The molecule has 7 nitrogen and oxygen atoms in total. The first-order valence-electron chi connectivity index (χ1n) is 10.9. The van der Waals surface area contributed by atoms with Crippen LogP contribution >= 0.6 is 11.6 Å². The normalized spacial score (nSPS) is 16.9. The minimum absolute atomic E-state index is 0.0653. The SMILES string of the molecule is Cn1cc2cc(-c3cc(Cl)c4cc(N5CC[C@H](NC(C)(C)C)C5)cnc4n3)c(O)c(F)c2n1. The molecule has 1 aliphatic rings. The lowest BCUT2D eigenvalue weighted by atomic mass is 10.1. The summed E-state index contributed by atoms with van der Waals surface area (Å²) in [4.78, 5) is 11.4. The summed E-state index contributed by atoms with van der Waals surface area (Å²) in [5.74, 6) is -1.29. The standard InChI is InChI=1S/C24H26ClFN6O/c1-24(2,3)29-14-5-6-32(12-14)15-8-16-18(25)9-19(28-23(16)27-10-15)17-7-13-11-31(4)30-21(13)20(26)22(17)33/h7-11,14,29,33H,5-6,12H2,1-4H3/t14-/m0/s1. The Hall–Kier alpha value is -2.97. The number of aryl methyl sites for hydroxylation is 1. The summed E-state index contributed by atoms with van der Waals surface area (Å²) in [6, 6.07) is 5.70. The Morgan fingerprint density at radius 2 is 2.03 bits per heavy atom. The molecule has 2 N–H and O–H groups in total. The number of hydrogen-bond acceptors (Lipinski definition) is 6. The van der Waals surface area contributed by atoms with Gasteiger partial charge in [-0.25, -0.2) is 14.4 Å². The van der Waals surface area contributed by atoms with Crippen molar-refractivity contribution in [2.24, 2.45) is 7.05 Å². The number of fused-ring (bicyclic) bond motifs is 2. The molecule has 1 atom stereocenters. The first kappa shape index (κ1) is 21.9. The molecule has 3 aromatic heterocycles. The van der Waals surface area contributed by atoms with Gasteiger partial charge in [-0.05, 0) is 45.4 Å². The van der Waals surface area contributed by atoms with Crippen molar-refractivity contribution in [2.75, 3.05) is 18.0 Å². The van der Waals surface area contributed by atoms with Gasteiger partial charge in [0.25, 0.3) is 0 Å². The summed E-state index contributed by atoms with van der Waals surface area (Å²) in [6.07, 6.45) is 4.54. The van der Waals surface area contributed by atoms with E-state index in [9.17, 15) is 9.50 Å². The molecular formula is C24H26ClFN6O. The van der Waals surface area contributed by atoms with Crippen LogP contribution < -0.4 is 10.2 Å². The number of benzene rings is 1. The smallest absolute Gasteiger partial charge is 0.193 e. The molecule has 1 aliphatic heterocycles. The van der Waals surface area contributed by atoms with Crippen molar-refractivity contribution in [1.82, 2.24) is 25.1 Å². The molecule has 1 saturated heterocycles. The molecule has 0 saturated carbocycles. The molecule has 0 radical (unpaired) electrons. The molecule has 0 bridgehead atoms. The highest BCUT2D eigenvalue weighted by atomic mass is 35.5. The zero-order valence-corrected chi connectivity index (χ0v) is 19.8. The molecule has 0 spiro atoms. The average Bonchev–Trinajstić information content (AvgIpc) is 3.35. The van der Waals surface area contributed by atoms with E-state index in [2.05, 4.69) is 46.1 Å². The molecular weight excluding hydrogens is 443 g/mol. The number of pyridine rings is 2. The van der Waals surface area contributed by atoms with Gasteiger partial charge in [0.05, 0.1) is 22.6 Å². The second-order valence-electron chi connectivity index (χ2n) is 9.71. The maximum Gasteiger partial charge on any atom is 0.193 e. The van der Waals surface area contributed by atoms with E-state index in [4.69, 9.17) is 11.6 Å². The van der Waals surface area contributed by atoms with E-state index in [-0.39, 0.29) is 16.6 Å². The minimum atomic E-state index is -0.781. The lowest BCUT2D eigenvalue weighted by Gasteiger charge is -2.26. The molecule has 0 unspecified atom stereocenters. The number of phenols is 1. The fourth-order valence-corrected chi connectivity index (χ4v) is 4.77. The van der Waals surface area contributed by atoms with Gasteiger partial charge in [-0.3, -0.25) is 4.68 Å². The second kappa shape index (κ2) is 7.81. The molecule has 1 fully saturated rings. The van der Waals surface area contributed by atoms with Crippen molar-refractivity contribution in [3.8, 4) is 17.0 Å². The van der Waals surface area contributed by atoms with Gasteiger partial charge in [-0.15, -0.1) is 0 Å². The number of phenolic OH excluding ortho intramolecular Hbond substituents is 1. The van der Waals surface area contributed by atoms with Crippen LogP contribution in [0.3, 0.4) is 0 Å². The number of aromatic hydroxyl groups is 1. The van der Waals surface area contributed by atoms with Crippen molar-refractivity contribution in [1.29, 1.82) is 0 Å². The zero-order valence-electron chi connectivity index (χ0n) is 19.0. The number of nitrogens with zero attached hydrogens (tertiary/aromatic N) is 5. The van der Waals surface area contributed by atoms with E-state index >= 15 is 0 Å². The molecule has 9 heteroatoms. The molecule has 4 aromatic rings. The zero-order chi connectivity index (χ0) is 23.5. The van der Waals surface area contributed by atoms with Crippen LogP contribution in [0.15, 0.2) is 30.6 Å². The number of nitrogens with one attached hydrogen (secondary N) is 1. The van der Waals surface area contributed by atoms with Crippen LogP contribution in [-0.2, 0) is 7.05 Å². The van der Waals surface area contributed by atoms with Crippen LogP contribution in [-0.4, -0.2) is 49.5 Å². The average molecular weight is 469 g/mol. The van der Waals surface area contributed by atoms with Gasteiger partial charge >= 0.3 is 0 Å². The van der Waals surface area contributed by atoms with Crippen LogP contribution in [0, 0.1) is 5.82 Å². The predicted octanol–water partition coefficient (Wildman–Crippen LogP) is 4.65. The van der Waals surface area contributed by atoms with Crippen molar-refractivity contribution < 1.29 is 9.50 Å². The summed E-state index contributed by atoms with van der Waals surface area (Å²) in [5.41, 5.74) is 2.20. The maximum atomic E-state index is 14.7. The monoisotopic (exact) mass is 468 g/mol. The summed E-state index contributed by atoms with van der Waals surface area (Å²) in [5, 5.41) is 19.9. The quantitative estimate of drug-likeness (QED) is 0.455. The summed E-state index contributed by atoms with van der Waals surface area (Å²) >= 11 is 6.62. The third-order valence-electron chi connectivity index (χ3n) is 5.89. The number of hydrogen-bond donors (Lipinski definition) is 2. The van der Waals surface area contributed by atoms with Crippen molar-refractivity contribution in [3.05, 3.63) is 41.4 Å². The molecule has 1 aromatic carbocycles. The van der Waals surface area contributed by atoms with E-state index in [0.717, 1.165) is 25.2 Å². The molecule has 0 amide bonds.